The zero-order valence-electron chi connectivity index (χ0n) is 7.91. The average molecular weight is 148 g/mol. The third-order valence-corrected chi connectivity index (χ3v) is 2.77. The lowest BCUT2D eigenvalue weighted by Gasteiger charge is -2.20. The Morgan fingerprint density at radius 1 is 0.909 bits per heavy atom. The summed E-state index contributed by atoms with van der Waals surface area (Å²) in [5.74, 6) is 0. The van der Waals surface area contributed by atoms with Crippen LogP contribution in [0.15, 0.2) is 34.4 Å². The van der Waals surface area contributed by atoms with Gasteiger partial charge in [0.2, 0.25) is 0 Å². The Morgan fingerprint density at radius 3 is 2.00 bits per heavy atom. The van der Waals surface area contributed by atoms with Crippen LogP contribution < -0.4 is 0 Å². The van der Waals surface area contributed by atoms with Crippen LogP contribution in [0.3, 0.4) is 0 Å². The van der Waals surface area contributed by atoms with E-state index in [1.54, 1.807) is 0 Å². The standard InChI is InChI=1S/C11H16/c1-7-6-8(2)10(4)11(5)9(7)3/h1,6H2,2-5H3. The predicted molar refractivity (Wildman–Crippen MR) is 50.5 cm³/mol. The molecular formula is C11H16. The molecule has 1 aliphatic rings. The first-order valence-electron chi connectivity index (χ1n) is 4.06. The topological polar surface area (TPSA) is 0 Å². The van der Waals surface area contributed by atoms with E-state index in [4.69, 9.17) is 0 Å². The van der Waals surface area contributed by atoms with Crippen molar-refractivity contribution in [2.45, 2.75) is 34.1 Å². The molecule has 1 aliphatic carbocycles. The molecule has 1 rings (SSSR count). The normalized spacial score (nSPS) is 19.8. The van der Waals surface area contributed by atoms with Crippen LogP contribution in [-0.2, 0) is 0 Å². The minimum Gasteiger partial charge on any atom is -0.0952 e. The van der Waals surface area contributed by atoms with Gasteiger partial charge in [0, 0.05) is 0 Å². The summed E-state index contributed by atoms with van der Waals surface area (Å²) in [5, 5.41) is 0. The van der Waals surface area contributed by atoms with E-state index in [0.717, 1.165) is 6.42 Å². The second-order valence-electron chi connectivity index (χ2n) is 3.44. The van der Waals surface area contributed by atoms with E-state index in [1.807, 2.05) is 0 Å². The molecule has 0 aromatic rings. The van der Waals surface area contributed by atoms with Gasteiger partial charge in [0.15, 0.2) is 0 Å². The van der Waals surface area contributed by atoms with Crippen LogP contribution >= 0.6 is 0 Å². The van der Waals surface area contributed by atoms with Crippen molar-refractivity contribution in [3.63, 3.8) is 0 Å². The van der Waals surface area contributed by atoms with Crippen molar-refractivity contribution in [3.05, 3.63) is 34.4 Å². The van der Waals surface area contributed by atoms with Gasteiger partial charge in [0.1, 0.15) is 0 Å². The highest BCUT2D eigenvalue weighted by molar-refractivity contribution is 5.49. The first-order chi connectivity index (χ1) is 5.04. The summed E-state index contributed by atoms with van der Waals surface area (Å²) in [7, 11) is 0. The Labute approximate surface area is 69.3 Å². The Balaban J connectivity index is 3.18. The monoisotopic (exact) mass is 148 g/mol. The van der Waals surface area contributed by atoms with Crippen molar-refractivity contribution in [2.24, 2.45) is 0 Å². The summed E-state index contributed by atoms with van der Waals surface area (Å²) < 4.78 is 0. The molecule has 0 unspecified atom stereocenters. The van der Waals surface area contributed by atoms with Gasteiger partial charge in [0.25, 0.3) is 0 Å². The lowest BCUT2D eigenvalue weighted by molar-refractivity contribution is 1.02. The molecule has 0 atom stereocenters. The molecule has 0 saturated heterocycles. The third kappa shape index (κ3) is 1.30. The van der Waals surface area contributed by atoms with E-state index in [2.05, 4.69) is 34.3 Å². The van der Waals surface area contributed by atoms with Crippen molar-refractivity contribution in [1.82, 2.24) is 0 Å². The van der Waals surface area contributed by atoms with E-state index in [9.17, 15) is 0 Å². The molecule has 0 aromatic heterocycles. The van der Waals surface area contributed by atoms with Crippen molar-refractivity contribution in [2.75, 3.05) is 0 Å². The minimum atomic E-state index is 1.06. The molecule has 0 saturated carbocycles. The van der Waals surface area contributed by atoms with Gasteiger partial charge in [-0.25, -0.2) is 0 Å². The Bertz CT molecular complexity index is 262. The second kappa shape index (κ2) is 2.69. The molecule has 0 heterocycles. The summed E-state index contributed by atoms with van der Waals surface area (Å²) in [5.41, 5.74) is 7.01. The SMILES string of the molecule is C=C1CC(C)=C(C)C(C)=C1C. The third-order valence-electron chi connectivity index (χ3n) is 2.77. The molecule has 0 amide bonds. The maximum Gasteiger partial charge on any atom is -0.00672 e. The first kappa shape index (κ1) is 8.32. The molecule has 0 radical (unpaired) electrons. The molecule has 0 nitrogen and oxygen atoms in total. The van der Waals surface area contributed by atoms with Crippen LogP contribution in [0, 0.1) is 0 Å². The molecular weight excluding hydrogens is 132 g/mol. The van der Waals surface area contributed by atoms with Crippen molar-refractivity contribution in [3.8, 4) is 0 Å². The molecule has 0 heteroatoms. The van der Waals surface area contributed by atoms with E-state index >= 15 is 0 Å². The highest BCUT2D eigenvalue weighted by Gasteiger charge is 2.12. The van der Waals surface area contributed by atoms with Crippen LogP contribution in [0.5, 0.6) is 0 Å². The van der Waals surface area contributed by atoms with Crippen LogP contribution in [-0.4, -0.2) is 0 Å². The van der Waals surface area contributed by atoms with Gasteiger partial charge in [0.05, 0.1) is 0 Å². The number of rotatable bonds is 0. The molecule has 0 fully saturated rings. The summed E-state index contributed by atoms with van der Waals surface area (Å²) in [6.45, 7) is 12.8. The summed E-state index contributed by atoms with van der Waals surface area (Å²) in [4.78, 5) is 0. The number of hydrogen-bond donors (Lipinski definition) is 0. The van der Waals surface area contributed by atoms with E-state index in [-0.39, 0.29) is 0 Å². The lowest BCUT2D eigenvalue weighted by Crippen LogP contribution is -2.00. The second-order valence-corrected chi connectivity index (χ2v) is 3.44. The molecule has 0 aliphatic heterocycles. The fraction of sp³-hybridized carbons (Fsp3) is 0.455. The highest BCUT2D eigenvalue weighted by Crippen LogP contribution is 2.31. The summed E-state index contributed by atoms with van der Waals surface area (Å²) >= 11 is 0. The zero-order chi connectivity index (χ0) is 8.59. The first-order valence-corrected chi connectivity index (χ1v) is 4.06. The van der Waals surface area contributed by atoms with Crippen molar-refractivity contribution >= 4 is 0 Å². The quantitative estimate of drug-likeness (QED) is 0.492. The predicted octanol–water partition coefficient (Wildman–Crippen LogP) is 3.62. The van der Waals surface area contributed by atoms with Crippen molar-refractivity contribution in [1.29, 1.82) is 0 Å². The zero-order valence-corrected chi connectivity index (χ0v) is 7.91. The fourth-order valence-electron chi connectivity index (χ4n) is 1.45. The van der Waals surface area contributed by atoms with Crippen LogP contribution in [0.1, 0.15) is 34.1 Å². The lowest BCUT2D eigenvalue weighted by atomic mass is 9.86. The van der Waals surface area contributed by atoms with Crippen LogP contribution in [0.2, 0.25) is 0 Å². The highest BCUT2D eigenvalue weighted by atomic mass is 14.2. The van der Waals surface area contributed by atoms with Gasteiger partial charge < -0.3 is 0 Å². The Kier molecular flexibility index (Phi) is 2.03. The molecule has 11 heavy (non-hydrogen) atoms. The minimum absolute atomic E-state index is 1.06. The molecule has 0 bridgehead atoms. The molecule has 0 N–H and O–H groups in total. The fourth-order valence-corrected chi connectivity index (χ4v) is 1.45. The van der Waals surface area contributed by atoms with Gasteiger partial charge in [-0.2, -0.15) is 0 Å². The summed E-state index contributed by atoms with van der Waals surface area (Å²) in [6.07, 6.45) is 1.06. The average Bonchev–Trinajstić information content (AvgIpc) is 1.97. The van der Waals surface area contributed by atoms with E-state index in [0.29, 0.717) is 0 Å². The van der Waals surface area contributed by atoms with Crippen molar-refractivity contribution < 1.29 is 0 Å². The van der Waals surface area contributed by atoms with Crippen LogP contribution in [0.25, 0.3) is 0 Å². The van der Waals surface area contributed by atoms with E-state index in [1.165, 1.54) is 27.9 Å². The van der Waals surface area contributed by atoms with Gasteiger partial charge in [-0.05, 0) is 56.4 Å². The van der Waals surface area contributed by atoms with Gasteiger partial charge in [-0.3, -0.25) is 0 Å². The largest absolute Gasteiger partial charge is 0.0952 e. The number of allylic oxidation sites excluding steroid dienone is 5. The Hall–Kier alpha value is -0.780. The van der Waals surface area contributed by atoms with Crippen LogP contribution in [0.4, 0.5) is 0 Å². The molecule has 0 spiro atoms. The van der Waals surface area contributed by atoms with Gasteiger partial charge >= 0.3 is 0 Å². The van der Waals surface area contributed by atoms with Gasteiger partial charge in [-0.1, -0.05) is 12.2 Å². The molecule has 60 valence electrons. The maximum absolute atomic E-state index is 4.04. The van der Waals surface area contributed by atoms with E-state index < -0.39 is 0 Å². The smallest absolute Gasteiger partial charge is 0.00672 e. The summed E-state index contributed by atoms with van der Waals surface area (Å²) in [6, 6.07) is 0. The Morgan fingerprint density at radius 2 is 1.45 bits per heavy atom. The maximum atomic E-state index is 4.04. The van der Waals surface area contributed by atoms with Gasteiger partial charge in [-0.15, -0.1) is 0 Å². The number of hydrogen-bond acceptors (Lipinski definition) is 0. The molecule has 0 aromatic carbocycles.